The molecule has 2 aliphatic heterocycles. The van der Waals surface area contributed by atoms with E-state index in [0.29, 0.717) is 11.9 Å². The molecule has 5 heteroatoms. The Labute approximate surface area is 119 Å². The minimum Gasteiger partial charge on any atom is -0.364 e. The van der Waals surface area contributed by atoms with Gasteiger partial charge in [-0.05, 0) is 32.2 Å². The van der Waals surface area contributed by atoms with Crippen LogP contribution < -0.4 is 0 Å². The van der Waals surface area contributed by atoms with Crippen molar-refractivity contribution >= 4 is 5.91 Å². The lowest BCUT2D eigenvalue weighted by molar-refractivity contribution is -0.130. The second kappa shape index (κ2) is 5.95. The van der Waals surface area contributed by atoms with Gasteiger partial charge in [-0.3, -0.25) is 9.69 Å². The summed E-state index contributed by atoms with van der Waals surface area (Å²) >= 11 is 0. The van der Waals surface area contributed by atoms with E-state index in [0.717, 1.165) is 57.6 Å². The van der Waals surface area contributed by atoms with Crippen molar-refractivity contribution in [2.24, 2.45) is 0 Å². The smallest absolute Gasteiger partial charge is 0.222 e. The maximum atomic E-state index is 11.9. The Morgan fingerprint density at radius 1 is 1.40 bits per heavy atom. The predicted molar refractivity (Wildman–Crippen MR) is 75.1 cm³/mol. The Hall–Kier alpha value is -1.36. The fraction of sp³-hybridized carbons (Fsp3) is 0.733. The third-order valence-corrected chi connectivity index (χ3v) is 4.49. The molecule has 20 heavy (non-hydrogen) atoms. The van der Waals surface area contributed by atoms with Gasteiger partial charge in [0.2, 0.25) is 5.91 Å². The Morgan fingerprint density at radius 2 is 2.30 bits per heavy atom. The third kappa shape index (κ3) is 2.73. The predicted octanol–water partition coefficient (Wildman–Crippen LogP) is 1.82. The number of amides is 1. The van der Waals surface area contributed by atoms with E-state index in [-0.39, 0.29) is 0 Å². The van der Waals surface area contributed by atoms with Crippen molar-refractivity contribution in [3.63, 3.8) is 0 Å². The first-order valence-corrected chi connectivity index (χ1v) is 7.72. The van der Waals surface area contributed by atoms with Gasteiger partial charge in [0, 0.05) is 37.7 Å². The van der Waals surface area contributed by atoms with Crippen LogP contribution in [0.4, 0.5) is 0 Å². The van der Waals surface area contributed by atoms with Crippen LogP contribution in [0.15, 0.2) is 10.8 Å². The highest BCUT2D eigenvalue weighted by atomic mass is 16.5. The molecule has 3 rings (SSSR count). The molecule has 2 fully saturated rings. The van der Waals surface area contributed by atoms with E-state index >= 15 is 0 Å². The van der Waals surface area contributed by atoms with Crippen molar-refractivity contribution in [2.45, 2.75) is 51.6 Å². The minimum atomic E-state index is 0.344. The quantitative estimate of drug-likeness (QED) is 0.842. The molecule has 0 aromatic carbocycles. The first kappa shape index (κ1) is 13.6. The summed E-state index contributed by atoms with van der Waals surface area (Å²) in [6.07, 6.45) is 6.76. The summed E-state index contributed by atoms with van der Waals surface area (Å²) in [5, 5.41) is 4.04. The van der Waals surface area contributed by atoms with Crippen molar-refractivity contribution in [1.82, 2.24) is 15.0 Å². The number of aromatic nitrogens is 1. The second-order valence-electron chi connectivity index (χ2n) is 5.86. The monoisotopic (exact) mass is 277 g/mol. The molecule has 1 aromatic rings. The number of hydrogen-bond donors (Lipinski definition) is 0. The standard InChI is InChI=1S/C15H23N3O2/c1-2-14-12(11-20-16-14)9-17-7-3-5-13(10-17)18-8-4-6-15(18)19/h11,13H,2-10H2,1H3. The molecule has 1 aromatic heterocycles. The van der Waals surface area contributed by atoms with Crippen LogP contribution in [0.3, 0.4) is 0 Å². The highest BCUT2D eigenvalue weighted by Gasteiger charge is 2.31. The molecular formula is C15H23N3O2. The minimum absolute atomic E-state index is 0.344. The zero-order chi connectivity index (χ0) is 13.9. The lowest BCUT2D eigenvalue weighted by Crippen LogP contribution is -2.48. The molecule has 2 aliphatic rings. The van der Waals surface area contributed by atoms with Crippen molar-refractivity contribution in [1.29, 1.82) is 0 Å². The maximum Gasteiger partial charge on any atom is 0.222 e. The summed E-state index contributed by atoms with van der Waals surface area (Å²) < 4.78 is 5.08. The van der Waals surface area contributed by atoms with Crippen LogP contribution in [0.5, 0.6) is 0 Å². The average molecular weight is 277 g/mol. The number of nitrogens with zero attached hydrogens (tertiary/aromatic N) is 3. The highest BCUT2D eigenvalue weighted by molar-refractivity contribution is 5.78. The molecule has 1 amide bonds. The van der Waals surface area contributed by atoms with Gasteiger partial charge in [0.1, 0.15) is 6.26 Å². The van der Waals surface area contributed by atoms with E-state index in [2.05, 4.69) is 21.9 Å². The zero-order valence-corrected chi connectivity index (χ0v) is 12.2. The second-order valence-corrected chi connectivity index (χ2v) is 5.86. The molecule has 0 spiro atoms. The van der Waals surface area contributed by atoms with Crippen molar-refractivity contribution < 1.29 is 9.32 Å². The van der Waals surface area contributed by atoms with Crippen LogP contribution in [-0.2, 0) is 17.8 Å². The van der Waals surface area contributed by atoms with Crippen molar-refractivity contribution in [2.75, 3.05) is 19.6 Å². The number of hydrogen-bond acceptors (Lipinski definition) is 4. The number of piperidine rings is 1. The summed E-state index contributed by atoms with van der Waals surface area (Å²) in [6.45, 7) is 6.03. The van der Waals surface area contributed by atoms with Gasteiger partial charge in [-0.1, -0.05) is 12.1 Å². The lowest BCUT2D eigenvalue weighted by Gasteiger charge is -2.37. The SMILES string of the molecule is CCc1nocc1CN1CCCC(N2CCCC2=O)C1. The maximum absolute atomic E-state index is 11.9. The van der Waals surface area contributed by atoms with E-state index in [1.165, 1.54) is 12.0 Å². The van der Waals surface area contributed by atoms with Crippen LogP contribution in [0.1, 0.15) is 43.9 Å². The van der Waals surface area contributed by atoms with Gasteiger partial charge >= 0.3 is 0 Å². The number of carbonyl (C=O) groups excluding carboxylic acids is 1. The van der Waals surface area contributed by atoms with Crippen LogP contribution in [0.2, 0.25) is 0 Å². The molecule has 0 N–H and O–H groups in total. The topological polar surface area (TPSA) is 49.6 Å². The molecule has 5 nitrogen and oxygen atoms in total. The normalized spacial score (nSPS) is 24.6. The molecule has 0 radical (unpaired) electrons. The molecule has 0 saturated carbocycles. The Balaban J connectivity index is 1.62. The fourth-order valence-corrected chi connectivity index (χ4v) is 3.43. The van der Waals surface area contributed by atoms with Gasteiger partial charge in [0.05, 0.1) is 5.69 Å². The van der Waals surface area contributed by atoms with Gasteiger partial charge in [0.15, 0.2) is 0 Å². The van der Waals surface area contributed by atoms with E-state index in [9.17, 15) is 4.79 Å². The van der Waals surface area contributed by atoms with Crippen LogP contribution in [-0.4, -0.2) is 46.5 Å². The van der Waals surface area contributed by atoms with Crippen LogP contribution in [0.25, 0.3) is 0 Å². The zero-order valence-electron chi connectivity index (χ0n) is 12.2. The van der Waals surface area contributed by atoms with Gasteiger partial charge in [-0.15, -0.1) is 0 Å². The van der Waals surface area contributed by atoms with Crippen LogP contribution >= 0.6 is 0 Å². The summed E-state index contributed by atoms with van der Waals surface area (Å²) in [6, 6.07) is 0.406. The summed E-state index contributed by atoms with van der Waals surface area (Å²) in [7, 11) is 0. The Morgan fingerprint density at radius 3 is 3.05 bits per heavy atom. The molecule has 0 bridgehead atoms. The molecule has 110 valence electrons. The Bertz CT molecular complexity index is 471. The summed E-state index contributed by atoms with van der Waals surface area (Å²) in [4.78, 5) is 16.4. The Kier molecular flexibility index (Phi) is 4.05. The van der Waals surface area contributed by atoms with Crippen molar-refractivity contribution in [3.05, 3.63) is 17.5 Å². The molecular weight excluding hydrogens is 254 g/mol. The highest BCUT2D eigenvalue weighted by Crippen LogP contribution is 2.23. The van der Waals surface area contributed by atoms with Gasteiger partial charge in [-0.2, -0.15) is 0 Å². The van der Waals surface area contributed by atoms with E-state index in [4.69, 9.17) is 4.52 Å². The summed E-state index contributed by atoms with van der Waals surface area (Å²) in [5.74, 6) is 0.344. The molecule has 0 aliphatic carbocycles. The summed E-state index contributed by atoms with van der Waals surface area (Å²) in [5.41, 5.74) is 2.25. The number of carbonyl (C=O) groups is 1. The van der Waals surface area contributed by atoms with Gasteiger partial charge in [-0.25, -0.2) is 0 Å². The van der Waals surface area contributed by atoms with E-state index in [1.807, 2.05) is 0 Å². The number of rotatable bonds is 4. The molecule has 1 atom stereocenters. The fourth-order valence-electron chi connectivity index (χ4n) is 3.43. The van der Waals surface area contributed by atoms with Crippen molar-refractivity contribution in [3.8, 4) is 0 Å². The van der Waals surface area contributed by atoms with E-state index < -0.39 is 0 Å². The van der Waals surface area contributed by atoms with Gasteiger partial charge in [0.25, 0.3) is 0 Å². The largest absolute Gasteiger partial charge is 0.364 e. The average Bonchev–Trinajstić information content (AvgIpc) is 3.08. The molecule has 3 heterocycles. The van der Waals surface area contributed by atoms with Crippen LogP contribution in [0, 0.1) is 0 Å². The van der Waals surface area contributed by atoms with E-state index in [1.54, 1.807) is 6.26 Å². The third-order valence-electron chi connectivity index (χ3n) is 4.49. The number of likely N-dealkylation sites (tertiary alicyclic amines) is 2. The first-order chi connectivity index (χ1) is 9.78. The number of aryl methyl sites for hydroxylation is 1. The lowest BCUT2D eigenvalue weighted by atomic mass is 10.0. The van der Waals surface area contributed by atoms with Gasteiger partial charge < -0.3 is 9.42 Å². The molecule has 2 saturated heterocycles. The first-order valence-electron chi connectivity index (χ1n) is 7.72. The molecule has 1 unspecified atom stereocenters.